The molecule has 4 fully saturated rings. The molecule has 236 valence electrons. The highest BCUT2D eigenvalue weighted by atomic mass is 28.3. The van der Waals surface area contributed by atoms with Gasteiger partial charge in [0.15, 0.2) is 21.5 Å². The van der Waals surface area contributed by atoms with E-state index in [0.29, 0.717) is 0 Å². The Hall–Kier alpha value is -0.693. The van der Waals surface area contributed by atoms with Gasteiger partial charge in [-0.2, -0.15) is 0 Å². The Morgan fingerprint density at radius 2 is 0.721 bits per heavy atom. The molecular weight excluding hydrogens is 530 g/mol. The highest BCUT2D eigenvalue weighted by molar-refractivity contribution is 7.16. The van der Waals surface area contributed by atoms with Gasteiger partial charge in [0.05, 0.1) is 0 Å². The molecule has 0 amide bonds. The van der Waals surface area contributed by atoms with Gasteiger partial charge in [0.2, 0.25) is 0 Å². The number of hydrogen-bond donors (Lipinski definition) is 0. The second-order valence-electron chi connectivity index (χ2n) is 20.5. The van der Waals surface area contributed by atoms with E-state index in [9.17, 15) is 0 Å². The first-order chi connectivity index (χ1) is 19.9. The van der Waals surface area contributed by atoms with Gasteiger partial charge in [-0.05, 0) is 21.7 Å². The molecule has 6 heterocycles. The smallest absolute Gasteiger partial charge is 0.0824 e. The van der Waals surface area contributed by atoms with Gasteiger partial charge in [0.25, 0.3) is 0 Å². The minimum absolute atomic E-state index is 0.195. The molecule has 0 aromatic heterocycles. The zero-order valence-electron chi connectivity index (χ0n) is 30.6. The molecule has 4 bridgehead atoms. The van der Waals surface area contributed by atoms with Crippen LogP contribution in [0, 0.1) is 21.7 Å². The van der Waals surface area contributed by atoms with Gasteiger partial charge in [0.1, 0.15) is 0 Å². The second-order valence-corrected chi connectivity index (χ2v) is 24.1. The van der Waals surface area contributed by atoms with Crippen LogP contribution in [0.4, 0.5) is 0 Å². The molecule has 0 nitrogen and oxygen atoms in total. The van der Waals surface area contributed by atoms with E-state index in [2.05, 4.69) is 95.2 Å². The van der Waals surface area contributed by atoms with E-state index in [1.54, 1.807) is 0 Å². The Balaban J connectivity index is 1.70. The van der Waals surface area contributed by atoms with Crippen LogP contribution in [0.2, 0.25) is 23.3 Å². The maximum atomic E-state index is 2.87. The first-order valence-electron chi connectivity index (χ1n) is 18.8. The Labute approximate surface area is 269 Å². The molecule has 0 aliphatic carbocycles. The van der Waals surface area contributed by atoms with Crippen LogP contribution in [-0.4, -0.2) is 21.5 Å². The van der Waals surface area contributed by atoms with Crippen molar-refractivity contribution >= 4 is 21.5 Å². The third-order valence-electron chi connectivity index (χ3n) is 12.6. The van der Waals surface area contributed by atoms with E-state index in [1.165, 1.54) is 77.0 Å². The van der Waals surface area contributed by atoms with Gasteiger partial charge in [0, 0.05) is 0 Å². The summed E-state index contributed by atoms with van der Waals surface area (Å²) in [5.74, 6) is 3.68. The predicted molar refractivity (Wildman–Crippen MR) is 196 cm³/mol. The fraction of sp³-hybridized carbons (Fsp3) is 0.800. The molecule has 3 heteroatoms. The minimum Gasteiger partial charge on any atom is -0.0824 e. The molecule has 0 saturated carbocycles. The zero-order valence-corrected chi connectivity index (χ0v) is 31.6. The highest BCUT2D eigenvalue weighted by Gasteiger charge is 2.70. The molecule has 0 N–H and O–H groups in total. The lowest BCUT2D eigenvalue weighted by atomic mass is 9.23. The molecule has 6 aliphatic rings. The van der Waals surface area contributed by atoms with Gasteiger partial charge in [-0.15, -0.1) is 0 Å². The Kier molecular flexibility index (Phi) is 8.00. The fourth-order valence-electron chi connectivity index (χ4n) is 11.9. The lowest BCUT2D eigenvalue weighted by Gasteiger charge is -2.67. The second kappa shape index (κ2) is 10.7. The van der Waals surface area contributed by atoms with E-state index in [4.69, 9.17) is 0 Å². The van der Waals surface area contributed by atoms with Crippen LogP contribution in [0.5, 0.6) is 0 Å². The summed E-state index contributed by atoms with van der Waals surface area (Å²) in [7, 11) is -2.21. The third kappa shape index (κ3) is 5.34. The Morgan fingerprint density at radius 1 is 0.465 bits per heavy atom. The summed E-state index contributed by atoms with van der Waals surface area (Å²) >= 11 is 0. The molecular formula is C40H66B2Si. The fourth-order valence-corrected chi connectivity index (χ4v) is 19.5. The summed E-state index contributed by atoms with van der Waals surface area (Å²) in [6.07, 6.45) is 23.4. The predicted octanol–water partition coefficient (Wildman–Crippen LogP) is 12.5. The molecule has 1 spiro atoms. The van der Waals surface area contributed by atoms with Crippen molar-refractivity contribution in [2.75, 3.05) is 0 Å². The number of allylic oxidation sites excluding steroid dienone is 8. The van der Waals surface area contributed by atoms with Crippen molar-refractivity contribution < 1.29 is 0 Å². The van der Waals surface area contributed by atoms with Crippen LogP contribution >= 0.6 is 0 Å². The van der Waals surface area contributed by atoms with Crippen LogP contribution in [-0.2, 0) is 0 Å². The van der Waals surface area contributed by atoms with E-state index in [1.807, 2.05) is 31.7 Å². The summed E-state index contributed by atoms with van der Waals surface area (Å²) in [6, 6.07) is 0. The maximum Gasteiger partial charge on any atom is 0.181 e. The van der Waals surface area contributed by atoms with Gasteiger partial charge in [-0.25, -0.2) is 0 Å². The van der Waals surface area contributed by atoms with E-state index >= 15 is 0 Å². The first-order valence-corrected chi connectivity index (χ1v) is 20.8. The Bertz CT molecular complexity index is 1100. The van der Waals surface area contributed by atoms with Crippen molar-refractivity contribution in [3.8, 4) is 0 Å². The summed E-state index contributed by atoms with van der Waals surface area (Å²) < 4.78 is 0. The molecule has 4 saturated heterocycles. The number of hydrogen-bond acceptors (Lipinski definition) is 0. The van der Waals surface area contributed by atoms with Crippen LogP contribution < -0.4 is 0 Å². The molecule has 6 aliphatic heterocycles. The van der Waals surface area contributed by atoms with E-state index in [0.717, 1.165) is 36.7 Å². The Morgan fingerprint density at radius 3 is 0.930 bits per heavy atom. The SMILES string of the molecule is CC(C)(C)C=C1C(B2C3CCCC2CCC3)=C(C(C)(C)C)[Si]12C(C(C)(C)C)=C(B1C3CCCC1CCC3)/C2=C\C(C)(C)C. The van der Waals surface area contributed by atoms with Crippen LogP contribution in [0.15, 0.2) is 43.9 Å². The normalized spacial score (nSPS) is 35.6. The minimum atomic E-state index is -2.21. The summed E-state index contributed by atoms with van der Waals surface area (Å²) in [5.41, 5.74) is 4.66. The van der Waals surface area contributed by atoms with Gasteiger partial charge in [-0.1, -0.05) is 227 Å². The van der Waals surface area contributed by atoms with Crippen molar-refractivity contribution in [3.05, 3.63) is 43.9 Å². The molecule has 0 radical (unpaired) electrons. The average molecular weight is 597 g/mol. The maximum absolute atomic E-state index is 2.87. The van der Waals surface area contributed by atoms with Gasteiger partial charge >= 0.3 is 0 Å². The average Bonchev–Trinajstić information content (AvgIpc) is 2.81. The molecule has 1 atom stereocenters. The largest absolute Gasteiger partial charge is 0.181 e. The quantitative estimate of drug-likeness (QED) is 0.278. The van der Waals surface area contributed by atoms with Crippen LogP contribution in [0.1, 0.15) is 160 Å². The summed E-state index contributed by atoms with van der Waals surface area (Å²) in [5, 5.41) is 7.81. The van der Waals surface area contributed by atoms with Crippen molar-refractivity contribution in [1.82, 2.24) is 0 Å². The molecule has 1 unspecified atom stereocenters. The van der Waals surface area contributed by atoms with Gasteiger partial charge < -0.3 is 0 Å². The summed E-state index contributed by atoms with van der Waals surface area (Å²) in [6.45, 7) is 32.3. The molecule has 0 aromatic carbocycles. The highest BCUT2D eigenvalue weighted by Crippen LogP contribution is 2.71. The van der Waals surface area contributed by atoms with Crippen LogP contribution in [0.25, 0.3) is 0 Å². The van der Waals surface area contributed by atoms with E-state index in [-0.39, 0.29) is 21.7 Å². The molecule has 43 heavy (non-hydrogen) atoms. The van der Waals surface area contributed by atoms with E-state index < -0.39 is 8.07 Å². The summed E-state index contributed by atoms with van der Waals surface area (Å²) in [4.78, 5) is 0. The zero-order chi connectivity index (χ0) is 31.3. The lowest BCUT2D eigenvalue weighted by Crippen LogP contribution is -2.69. The number of fused-ring (bicyclic) bond motifs is 4. The van der Waals surface area contributed by atoms with Crippen molar-refractivity contribution in [1.29, 1.82) is 0 Å². The van der Waals surface area contributed by atoms with Crippen molar-refractivity contribution in [2.45, 2.75) is 183 Å². The van der Waals surface area contributed by atoms with Gasteiger partial charge in [-0.3, -0.25) is 0 Å². The van der Waals surface area contributed by atoms with Crippen LogP contribution in [0.3, 0.4) is 0 Å². The standard InChI is InChI=1S/C40H66B2Si/c1-37(2,3)25-31-33(41-27-17-13-18-28(41)20-14-19-27)35(39(7,8)9)43(31)32(26-38(4,5)6)34(36(43)40(10,11)12)42-29-21-15-22-30(42)24-16-23-29/h25-30H,13-24H2,1-12H3/b31-25+,32-26?. The third-order valence-corrected chi connectivity index (χ3v) is 18.6. The molecule has 6 rings (SSSR count). The monoisotopic (exact) mass is 597 g/mol. The topological polar surface area (TPSA) is 0 Å². The molecule has 0 aromatic rings. The first kappa shape index (κ1) is 32.3. The number of rotatable bonds is 2. The van der Waals surface area contributed by atoms with Crippen molar-refractivity contribution in [2.24, 2.45) is 21.7 Å². The van der Waals surface area contributed by atoms with Crippen molar-refractivity contribution in [3.63, 3.8) is 0 Å². The lowest BCUT2D eigenvalue weighted by molar-refractivity contribution is 0.441.